The van der Waals surface area contributed by atoms with E-state index >= 15 is 0 Å². The van der Waals surface area contributed by atoms with Gasteiger partial charge in [0.2, 0.25) is 5.91 Å². The van der Waals surface area contributed by atoms with Gasteiger partial charge < -0.3 is 15.0 Å². The second-order valence-electron chi connectivity index (χ2n) is 8.28. The zero-order valence-electron chi connectivity index (χ0n) is 16.8. The molecule has 1 heterocycles. The van der Waals surface area contributed by atoms with Gasteiger partial charge in [-0.3, -0.25) is 4.79 Å². The number of carbonyl (C=O) groups is 2. The summed E-state index contributed by atoms with van der Waals surface area (Å²) in [5.74, 6) is -0.191. The van der Waals surface area contributed by atoms with E-state index in [1.807, 2.05) is 32.6 Å². The summed E-state index contributed by atoms with van der Waals surface area (Å²) in [6.07, 6.45) is 2.79. The van der Waals surface area contributed by atoms with Crippen LogP contribution < -0.4 is 5.32 Å². The van der Waals surface area contributed by atoms with Crippen molar-refractivity contribution in [3.05, 3.63) is 35.6 Å². The van der Waals surface area contributed by atoms with E-state index in [1.54, 1.807) is 12.1 Å². The molecule has 150 valence electrons. The first kappa shape index (κ1) is 21.2. The Balaban J connectivity index is 1.92. The van der Waals surface area contributed by atoms with E-state index in [1.165, 1.54) is 12.1 Å². The van der Waals surface area contributed by atoms with E-state index in [2.05, 4.69) is 5.32 Å². The van der Waals surface area contributed by atoms with Gasteiger partial charge in [0, 0.05) is 25.6 Å². The van der Waals surface area contributed by atoms with Crippen molar-refractivity contribution in [3.8, 4) is 0 Å². The molecule has 5 nitrogen and oxygen atoms in total. The molecule has 0 saturated carbocycles. The summed E-state index contributed by atoms with van der Waals surface area (Å²) in [4.78, 5) is 26.6. The molecule has 0 radical (unpaired) electrons. The number of carbonyl (C=O) groups excluding carboxylic acids is 2. The Kier molecular flexibility index (Phi) is 7.22. The number of amides is 2. The first-order valence-electron chi connectivity index (χ1n) is 9.67. The molecule has 0 aromatic heterocycles. The molecule has 0 spiro atoms. The van der Waals surface area contributed by atoms with Crippen LogP contribution in [0, 0.1) is 5.82 Å². The van der Waals surface area contributed by atoms with Crippen molar-refractivity contribution in [3.63, 3.8) is 0 Å². The molecule has 2 amide bonds. The minimum absolute atomic E-state index is 0.0134. The van der Waals surface area contributed by atoms with Crippen LogP contribution in [0.5, 0.6) is 0 Å². The van der Waals surface area contributed by atoms with Gasteiger partial charge in [0.15, 0.2) is 0 Å². The van der Waals surface area contributed by atoms with E-state index in [-0.39, 0.29) is 23.7 Å². The molecular formula is C21H31FN2O3. The molecule has 0 aliphatic carbocycles. The summed E-state index contributed by atoms with van der Waals surface area (Å²) in [6, 6.07) is 6.28. The maximum atomic E-state index is 13.1. The van der Waals surface area contributed by atoms with Gasteiger partial charge in [-0.05, 0) is 63.6 Å². The maximum Gasteiger partial charge on any atom is 0.407 e. The van der Waals surface area contributed by atoms with Gasteiger partial charge in [-0.15, -0.1) is 0 Å². The molecule has 1 aromatic carbocycles. The molecule has 2 rings (SSSR count). The van der Waals surface area contributed by atoms with Gasteiger partial charge in [-0.25, -0.2) is 9.18 Å². The number of rotatable bonds is 5. The van der Waals surface area contributed by atoms with Crippen LogP contribution >= 0.6 is 0 Å². The molecular weight excluding hydrogens is 347 g/mol. The smallest absolute Gasteiger partial charge is 0.407 e. The number of benzene rings is 1. The van der Waals surface area contributed by atoms with E-state index in [0.29, 0.717) is 19.5 Å². The number of nitrogens with zero attached hydrogens (tertiary/aromatic N) is 1. The lowest BCUT2D eigenvalue weighted by molar-refractivity contribution is -0.135. The molecule has 0 bridgehead atoms. The molecule has 2 unspecified atom stereocenters. The summed E-state index contributed by atoms with van der Waals surface area (Å²) in [5, 5.41) is 2.79. The SMILES string of the molecule is CC(CC(=O)N1CCCCC1CNC(=O)OC(C)(C)C)c1ccc(F)cc1. The predicted molar refractivity (Wildman–Crippen MR) is 103 cm³/mol. The predicted octanol–water partition coefficient (Wildman–Crippen LogP) is 4.23. The lowest BCUT2D eigenvalue weighted by Gasteiger charge is -2.36. The van der Waals surface area contributed by atoms with Crippen molar-refractivity contribution in [1.82, 2.24) is 10.2 Å². The average Bonchev–Trinajstić information content (AvgIpc) is 2.59. The molecule has 1 N–H and O–H groups in total. The molecule has 1 aliphatic rings. The highest BCUT2D eigenvalue weighted by Gasteiger charge is 2.28. The first-order valence-corrected chi connectivity index (χ1v) is 9.67. The third-order valence-corrected chi connectivity index (χ3v) is 4.75. The van der Waals surface area contributed by atoms with Crippen LogP contribution in [-0.4, -0.2) is 41.6 Å². The van der Waals surface area contributed by atoms with Gasteiger partial charge in [0.25, 0.3) is 0 Å². The van der Waals surface area contributed by atoms with Crippen LogP contribution in [0.4, 0.5) is 9.18 Å². The fraction of sp³-hybridized carbons (Fsp3) is 0.619. The number of nitrogens with one attached hydrogen (secondary N) is 1. The Morgan fingerprint density at radius 2 is 1.93 bits per heavy atom. The van der Waals surface area contributed by atoms with E-state index in [9.17, 15) is 14.0 Å². The van der Waals surface area contributed by atoms with Crippen molar-refractivity contribution in [2.75, 3.05) is 13.1 Å². The average molecular weight is 378 g/mol. The van der Waals surface area contributed by atoms with Crippen LogP contribution in [-0.2, 0) is 9.53 Å². The highest BCUT2D eigenvalue weighted by atomic mass is 19.1. The zero-order chi connectivity index (χ0) is 20.0. The van der Waals surface area contributed by atoms with Crippen LogP contribution in [0.3, 0.4) is 0 Å². The van der Waals surface area contributed by atoms with Gasteiger partial charge in [0.1, 0.15) is 11.4 Å². The Labute approximate surface area is 161 Å². The number of piperidine rings is 1. The van der Waals surface area contributed by atoms with Gasteiger partial charge in [-0.2, -0.15) is 0 Å². The number of likely N-dealkylation sites (tertiary alicyclic amines) is 1. The second kappa shape index (κ2) is 9.20. The third-order valence-electron chi connectivity index (χ3n) is 4.75. The number of halogens is 1. The number of hydrogen-bond donors (Lipinski definition) is 1. The zero-order valence-corrected chi connectivity index (χ0v) is 16.8. The number of alkyl carbamates (subject to hydrolysis) is 1. The lowest BCUT2D eigenvalue weighted by Crippen LogP contribution is -2.50. The monoisotopic (exact) mass is 378 g/mol. The lowest BCUT2D eigenvalue weighted by atomic mass is 9.95. The summed E-state index contributed by atoms with van der Waals surface area (Å²) >= 11 is 0. The molecule has 2 atom stereocenters. The quantitative estimate of drug-likeness (QED) is 0.834. The van der Waals surface area contributed by atoms with E-state index in [0.717, 1.165) is 24.8 Å². The van der Waals surface area contributed by atoms with Crippen molar-refractivity contribution in [1.29, 1.82) is 0 Å². The number of ether oxygens (including phenoxy) is 1. The van der Waals surface area contributed by atoms with Crippen molar-refractivity contribution in [2.45, 2.75) is 70.9 Å². The minimum atomic E-state index is -0.545. The standard InChI is InChI=1S/C21H31FN2O3/c1-15(16-8-10-17(22)11-9-16)13-19(25)24-12-6-5-7-18(24)14-23-20(26)27-21(2,3)4/h8-11,15,18H,5-7,12-14H2,1-4H3,(H,23,26). The first-order chi connectivity index (χ1) is 12.7. The molecule has 6 heteroatoms. The van der Waals surface area contributed by atoms with E-state index in [4.69, 9.17) is 4.74 Å². The van der Waals surface area contributed by atoms with Gasteiger partial charge >= 0.3 is 6.09 Å². The summed E-state index contributed by atoms with van der Waals surface area (Å²) in [7, 11) is 0. The number of hydrogen-bond acceptors (Lipinski definition) is 3. The summed E-state index contributed by atoms with van der Waals surface area (Å²) in [6.45, 7) is 8.53. The van der Waals surface area contributed by atoms with Crippen molar-refractivity contribution >= 4 is 12.0 Å². The van der Waals surface area contributed by atoms with Crippen LogP contribution in [0.1, 0.15) is 64.9 Å². The Bertz CT molecular complexity index is 640. The maximum absolute atomic E-state index is 13.1. The van der Waals surface area contributed by atoms with Crippen LogP contribution in [0.15, 0.2) is 24.3 Å². The fourth-order valence-electron chi connectivity index (χ4n) is 3.34. The fourth-order valence-corrected chi connectivity index (χ4v) is 3.34. The van der Waals surface area contributed by atoms with Gasteiger partial charge in [-0.1, -0.05) is 19.1 Å². The van der Waals surface area contributed by atoms with Crippen molar-refractivity contribution < 1.29 is 18.7 Å². The van der Waals surface area contributed by atoms with Crippen LogP contribution in [0.25, 0.3) is 0 Å². The highest BCUT2D eigenvalue weighted by molar-refractivity contribution is 5.77. The van der Waals surface area contributed by atoms with E-state index < -0.39 is 11.7 Å². The molecule has 1 aromatic rings. The molecule has 1 fully saturated rings. The van der Waals surface area contributed by atoms with Gasteiger partial charge in [0.05, 0.1) is 0 Å². The largest absolute Gasteiger partial charge is 0.444 e. The highest BCUT2D eigenvalue weighted by Crippen LogP contribution is 2.24. The van der Waals surface area contributed by atoms with Crippen molar-refractivity contribution in [2.24, 2.45) is 0 Å². The normalized spacial score (nSPS) is 18.7. The van der Waals surface area contributed by atoms with Crippen LogP contribution in [0.2, 0.25) is 0 Å². The molecule has 27 heavy (non-hydrogen) atoms. The minimum Gasteiger partial charge on any atom is -0.444 e. The Morgan fingerprint density at radius 3 is 2.56 bits per heavy atom. The topological polar surface area (TPSA) is 58.6 Å². The Morgan fingerprint density at radius 1 is 1.26 bits per heavy atom. The Hall–Kier alpha value is -2.11. The second-order valence-corrected chi connectivity index (χ2v) is 8.28. The summed E-state index contributed by atoms with van der Waals surface area (Å²) in [5.41, 5.74) is 0.404. The molecule has 1 saturated heterocycles. The summed E-state index contributed by atoms with van der Waals surface area (Å²) < 4.78 is 18.4. The molecule has 1 aliphatic heterocycles. The third kappa shape index (κ3) is 6.85.